The number of nitrogens with one attached hydrogen (secondary N) is 1. The minimum atomic E-state index is 0.293. The van der Waals surface area contributed by atoms with Crippen molar-refractivity contribution in [3.8, 4) is 33.6 Å². The number of rotatable bonds is 4. The highest BCUT2D eigenvalue weighted by molar-refractivity contribution is 5.93. The molecule has 2 atom stereocenters. The average Bonchev–Trinajstić information content (AvgIpc) is 3.57. The van der Waals surface area contributed by atoms with Gasteiger partial charge < -0.3 is 0 Å². The standard InChI is InChI=1S/C35H38N6/c1-22-18-23(2)37-38-32(22)26-8-10-27(11-9-26)33-31-20-30(21-36-34(31)40-39-33)28-12-7-25-13-15-35(4,16-14-29(25)19-28)41-17-5-6-24(41)3/h7-12,18-21,24H,5-6,13-17H2,1-4H3,(H,36,39,40)/t24-,35+/m1/s1. The van der Waals surface area contributed by atoms with E-state index in [-0.39, 0.29) is 0 Å². The van der Waals surface area contributed by atoms with E-state index >= 15 is 0 Å². The second-order valence-electron chi connectivity index (χ2n) is 12.5. The summed E-state index contributed by atoms with van der Waals surface area (Å²) in [4.78, 5) is 7.55. The molecule has 0 spiro atoms. The molecule has 0 radical (unpaired) electrons. The Morgan fingerprint density at radius 2 is 1.56 bits per heavy atom. The second-order valence-corrected chi connectivity index (χ2v) is 12.5. The first kappa shape index (κ1) is 26.0. The summed E-state index contributed by atoms with van der Waals surface area (Å²) in [6.45, 7) is 10.2. The van der Waals surface area contributed by atoms with E-state index in [1.54, 1.807) is 0 Å². The maximum atomic E-state index is 4.76. The van der Waals surface area contributed by atoms with E-state index in [0.717, 1.165) is 63.2 Å². The van der Waals surface area contributed by atoms with Crippen LogP contribution in [0.15, 0.2) is 60.8 Å². The minimum absolute atomic E-state index is 0.293. The van der Waals surface area contributed by atoms with Gasteiger partial charge in [-0.15, -0.1) is 5.10 Å². The fourth-order valence-electron chi connectivity index (χ4n) is 7.21. The Labute approximate surface area is 242 Å². The molecule has 2 aromatic carbocycles. The molecule has 1 N–H and O–H groups in total. The van der Waals surface area contributed by atoms with E-state index in [1.165, 1.54) is 48.9 Å². The quantitative estimate of drug-likeness (QED) is 0.238. The zero-order valence-corrected chi connectivity index (χ0v) is 24.5. The normalized spacial score (nSPS) is 21.2. The zero-order chi connectivity index (χ0) is 28.1. The molecule has 7 rings (SSSR count). The third kappa shape index (κ3) is 4.74. The molecule has 1 aliphatic heterocycles. The minimum Gasteiger partial charge on any atom is -0.295 e. The third-order valence-electron chi connectivity index (χ3n) is 9.61. The van der Waals surface area contributed by atoms with Gasteiger partial charge in [-0.05, 0) is 107 Å². The lowest BCUT2D eigenvalue weighted by atomic mass is 9.89. The van der Waals surface area contributed by atoms with Gasteiger partial charge in [0.15, 0.2) is 5.65 Å². The number of nitrogens with zero attached hydrogens (tertiary/aromatic N) is 5. The van der Waals surface area contributed by atoms with Crippen molar-refractivity contribution in [1.29, 1.82) is 0 Å². The Morgan fingerprint density at radius 3 is 2.29 bits per heavy atom. The molecule has 3 aromatic heterocycles. The molecule has 5 aromatic rings. The fourth-order valence-corrected chi connectivity index (χ4v) is 7.21. The number of H-pyrrole nitrogens is 1. The third-order valence-corrected chi connectivity index (χ3v) is 9.61. The van der Waals surface area contributed by atoms with Crippen LogP contribution in [0.2, 0.25) is 0 Å². The van der Waals surface area contributed by atoms with Crippen molar-refractivity contribution in [2.24, 2.45) is 0 Å². The summed E-state index contributed by atoms with van der Waals surface area (Å²) < 4.78 is 0. The first-order valence-electron chi connectivity index (χ1n) is 15.0. The number of aromatic amines is 1. The Balaban J connectivity index is 1.17. The SMILES string of the molecule is Cc1cc(C)c(-c2ccc(-c3n[nH]c4ncc(-c5ccc6c(c5)CC[C@@](C)(N5CCC[C@H]5C)CC6)cc34)cc2)nn1. The number of hydrogen-bond donors (Lipinski definition) is 1. The van der Waals surface area contributed by atoms with Crippen molar-refractivity contribution in [2.75, 3.05) is 6.54 Å². The lowest BCUT2D eigenvalue weighted by Crippen LogP contribution is -2.48. The van der Waals surface area contributed by atoms with Crippen molar-refractivity contribution in [1.82, 2.24) is 30.3 Å². The predicted octanol–water partition coefficient (Wildman–Crippen LogP) is 7.49. The molecular formula is C35H38N6. The molecule has 41 heavy (non-hydrogen) atoms. The van der Waals surface area contributed by atoms with Gasteiger partial charge >= 0.3 is 0 Å². The monoisotopic (exact) mass is 542 g/mol. The number of likely N-dealkylation sites (tertiary alicyclic amines) is 1. The summed E-state index contributed by atoms with van der Waals surface area (Å²) >= 11 is 0. The van der Waals surface area contributed by atoms with Gasteiger partial charge in [-0.25, -0.2) is 4.98 Å². The molecule has 0 unspecified atom stereocenters. The Bertz CT molecular complexity index is 1740. The van der Waals surface area contributed by atoms with E-state index < -0.39 is 0 Å². The number of hydrogen-bond acceptors (Lipinski definition) is 5. The van der Waals surface area contributed by atoms with Gasteiger partial charge in [-0.2, -0.15) is 10.2 Å². The van der Waals surface area contributed by atoms with Gasteiger partial charge in [-0.3, -0.25) is 10.00 Å². The number of aryl methyl sites for hydroxylation is 4. The van der Waals surface area contributed by atoms with E-state index in [0.29, 0.717) is 11.6 Å². The maximum Gasteiger partial charge on any atom is 0.155 e. The molecular weight excluding hydrogens is 504 g/mol. The van der Waals surface area contributed by atoms with E-state index in [9.17, 15) is 0 Å². The van der Waals surface area contributed by atoms with Crippen molar-refractivity contribution >= 4 is 11.0 Å². The smallest absolute Gasteiger partial charge is 0.155 e. The Hall–Kier alpha value is -3.90. The summed E-state index contributed by atoms with van der Waals surface area (Å²) in [5, 5.41) is 17.5. The van der Waals surface area contributed by atoms with Crippen LogP contribution in [0.5, 0.6) is 0 Å². The van der Waals surface area contributed by atoms with E-state index in [1.807, 2.05) is 13.1 Å². The highest BCUT2D eigenvalue weighted by Gasteiger charge is 2.38. The topological polar surface area (TPSA) is 70.6 Å². The van der Waals surface area contributed by atoms with Gasteiger partial charge in [0.1, 0.15) is 5.69 Å². The first-order chi connectivity index (χ1) is 19.9. The zero-order valence-electron chi connectivity index (χ0n) is 24.5. The summed E-state index contributed by atoms with van der Waals surface area (Å²) in [6.07, 6.45) is 9.40. The van der Waals surface area contributed by atoms with E-state index in [4.69, 9.17) is 4.98 Å². The molecule has 6 heteroatoms. The van der Waals surface area contributed by atoms with Crippen LogP contribution in [0.1, 0.15) is 61.9 Å². The van der Waals surface area contributed by atoms with Crippen LogP contribution in [0, 0.1) is 13.8 Å². The van der Waals surface area contributed by atoms with Gasteiger partial charge in [0.05, 0.1) is 11.4 Å². The first-order valence-corrected chi connectivity index (χ1v) is 15.0. The van der Waals surface area contributed by atoms with Gasteiger partial charge in [0.25, 0.3) is 0 Å². The van der Waals surface area contributed by atoms with Gasteiger partial charge in [0, 0.05) is 39.9 Å². The second kappa shape index (κ2) is 10.2. The van der Waals surface area contributed by atoms with Crippen LogP contribution in [-0.4, -0.2) is 48.4 Å². The van der Waals surface area contributed by atoms with Crippen molar-refractivity contribution in [3.05, 3.63) is 83.2 Å². The molecule has 1 fully saturated rings. The Morgan fingerprint density at radius 1 is 0.829 bits per heavy atom. The molecule has 0 saturated carbocycles. The Kier molecular flexibility index (Phi) is 6.46. The molecule has 4 heterocycles. The molecule has 2 aliphatic rings. The molecule has 1 saturated heterocycles. The fraction of sp³-hybridized carbons (Fsp3) is 0.371. The summed E-state index contributed by atoms with van der Waals surface area (Å²) in [7, 11) is 0. The summed E-state index contributed by atoms with van der Waals surface area (Å²) in [6, 6.07) is 20.5. The molecule has 0 amide bonds. The van der Waals surface area contributed by atoms with Crippen LogP contribution >= 0.6 is 0 Å². The number of fused-ring (bicyclic) bond motifs is 2. The number of pyridine rings is 1. The van der Waals surface area contributed by atoms with Crippen molar-refractivity contribution in [2.45, 2.75) is 77.8 Å². The molecule has 6 nitrogen and oxygen atoms in total. The van der Waals surface area contributed by atoms with Crippen LogP contribution in [0.3, 0.4) is 0 Å². The highest BCUT2D eigenvalue weighted by atomic mass is 15.2. The maximum absolute atomic E-state index is 4.76. The van der Waals surface area contributed by atoms with Gasteiger partial charge in [0.2, 0.25) is 0 Å². The molecule has 208 valence electrons. The lowest BCUT2D eigenvalue weighted by Gasteiger charge is -2.41. The predicted molar refractivity (Wildman–Crippen MR) is 166 cm³/mol. The van der Waals surface area contributed by atoms with Crippen LogP contribution in [-0.2, 0) is 12.8 Å². The largest absolute Gasteiger partial charge is 0.295 e. The summed E-state index contributed by atoms with van der Waals surface area (Å²) in [5.74, 6) is 0. The molecule has 0 bridgehead atoms. The number of aromatic nitrogens is 5. The molecule has 1 aliphatic carbocycles. The van der Waals surface area contributed by atoms with E-state index in [2.05, 4.69) is 101 Å². The van der Waals surface area contributed by atoms with Crippen molar-refractivity contribution < 1.29 is 0 Å². The van der Waals surface area contributed by atoms with Crippen LogP contribution < -0.4 is 0 Å². The van der Waals surface area contributed by atoms with Gasteiger partial charge in [-0.1, -0.05) is 42.5 Å². The van der Waals surface area contributed by atoms with Crippen molar-refractivity contribution in [3.63, 3.8) is 0 Å². The average molecular weight is 543 g/mol. The van der Waals surface area contributed by atoms with Crippen LogP contribution in [0.25, 0.3) is 44.7 Å². The lowest BCUT2D eigenvalue weighted by molar-refractivity contribution is 0.0821. The number of benzene rings is 2. The van der Waals surface area contributed by atoms with Crippen LogP contribution in [0.4, 0.5) is 0 Å². The summed E-state index contributed by atoms with van der Waals surface area (Å²) in [5.41, 5.74) is 12.4. The highest BCUT2D eigenvalue weighted by Crippen LogP contribution is 2.38.